The summed E-state index contributed by atoms with van der Waals surface area (Å²) < 4.78 is 7.20. The van der Waals surface area contributed by atoms with Crippen LogP contribution in [0, 0.1) is 11.3 Å². The van der Waals surface area contributed by atoms with Crippen LogP contribution in [0.3, 0.4) is 0 Å². The van der Waals surface area contributed by atoms with Gasteiger partial charge in [0, 0.05) is 18.1 Å². The fraction of sp³-hybridized carbons (Fsp3) is 0.600. The summed E-state index contributed by atoms with van der Waals surface area (Å²) in [5.74, 6) is 1.49. The number of nitriles is 1. The Balaban J connectivity index is 2.30. The summed E-state index contributed by atoms with van der Waals surface area (Å²) in [5.41, 5.74) is 0. The summed E-state index contributed by atoms with van der Waals surface area (Å²) in [7, 11) is -0.496. The van der Waals surface area contributed by atoms with E-state index in [0.29, 0.717) is 12.6 Å². The maximum absolute atomic E-state index is 8.71. The van der Waals surface area contributed by atoms with Gasteiger partial charge in [-0.25, -0.2) is 15.0 Å². The van der Waals surface area contributed by atoms with Gasteiger partial charge in [-0.3, -0.25) is 4.57 Å². The number of nitrogens with zero attached hydrogens (tertiary/aromatic N) is 3. The molecule has 0 aliphatic rings. The summed E-state index contributed by atoms with van der Waals surface area (Å²) in [4.78, 5) is 3.89. The molecule has 0 amide bonds. The first-order chi connectivity index (χ1) is 7.03. The molecule has 0 radical (unpaired) electrons. The van der Waals surface area contributed by atoms with E-state index in [2.05, 4.69) is 23.8 Å². The van der Waals surface area contributed by atoms with Crippen LogP contribution in [0.5, 0.6) is 0 Å². The summed E-state index contributed by atoms with van der Waals surface area (Å²) >= 11 is 0. The van der Waals surface area contributed by atoms with Crippen LogP contribution in [0.15, 0.2) is 12.4 Å². The van der Waals surface area contributed by atoms with E-state index in [4.69, 9.17) is 10.00 Å². The summed E-state index contributed by atoms with van der Waals surface area (Å²) in [6.07, 6.45) is 10.1. The van der Waals surface area contributed by atoms with Crippen molar-refractivity contribution in [2.45, 2.75) is 6.73 Å². The minimum absolute atomic E-state index is 0.401. The molecule has 84 valence electrons. The molecule has 0 saturated carbocycles. The zero-order valence-electron chi connectivity index (χ0n) is 9.43. The minimum atomic E-state index is -0.496. The number of hydrogen-bond donors (Lipinski definition) is 0. The third-order valence-electron chi connectivity index (χ3n) is 1.89. The van der Waals surface area contributed by atoms with Crippen LogP contribution in [0.4, 0.5) is 0 Å². The summed E-state index contributed by atoms with van der Waals surface area (Å²) in [6, 6.07) is 2.01. The molecule has 0 saturated heterocycles. The van der Waals surface area contributed by atoms with Crippen LogP contribution < -0.4 is 0 Å². The predicted molar refractivity (Wildman–Crippen MR) is 63.1 cm³/mol. The second kappa shape index (κ2) is 5.19. The van der Waals surface area contributed by atoms with Crippen LogP contribution in [0.25, 0.3) is 0 Å². The molecule has 1 rings (SSSR count). The molecule has 1 heterocycles. The Kier molecular flexibility index (Phi) is 4.18. The highest BCUT2D eigenvalue weighted by Crippen LogP contribution is 2.33. The lowest BCUT2D eigenvalue weighted by molar-refractivity contribution is 0.0890. The van der Waals surface area contributed by atoms with E-state index >= 15 is 0 Å². The van der Waals surface area contributed by atoms with Gasteiger partial charge in [0.2, 0.25) is 5.82 Å². The molecule has 0 N–H and O–H groups in total. The van der Waals surface area contributed by atoms with Crippen LogP contribution in [-0.4, -0.2) is 40.7 Å². The van der Waals surface area contributed by atoms with E-state index in [1.54, 1.807) is 17.0 Å². The summed E-state index contributed by atoms with van der Waals surface area (Å²) in [6.45, 7) is 1.15. The molecule has 1 aromatic rings. The average molecular weight is 227 g/mol. The first kappa shape index (κ1) is 12.1. The number of aromatic nitrogens is 2. The smallest absolute Gasteiger partial charge is 0.214 e. The maximum Gasteiger partial charge on any atom is 0.214 e. The molecule has 5 heteroatoms. The molecule has 0 bridgehead atoms. The third kappa shape index (κ3) is 4.36. The molecule has 0 unspecified atom stereocenters. The average Bonchev–Trinajstić information content (AvgIpc) is 2.58. The standard InChI is InChI=1S/C10H17N3OS/c1-15(2,3)7-6-14-9-13-5-4-12-10(13)8-11/h4-5H,6-7,9H2,1-3H3. The summed E-state index contributed by atoms with van der Waals surface area (Å²) in [5, 5.41) is 8.71. The second-order valence-electron chi connectivity index (χ2n) is 4.16. The van der Waals surface area contributed by atoms with E-state index in [1.165, 1.54) is 0 Å². The van der Waals surface area contributed by atoms with Crippen molar-refractivity contribution in [1.29, 1.82) is 5.26 Å². The van der Waals surface area contributed by atoms with Gasteiger partial charge in [0.15, 0.2) is 0 Å². The first-order valence-electron chi connectivity index (χ1n) is 4.68. The van der Waals surface area contributed by atoms with Gasteiger partial charge in [-0.15, -0.1) is 0 Å². The monoisotopic (exact) mass is 227 g/mol. The molecule has 0 atom stereocenters. The SMILES string of the molecule is CS(C)(C)CCOCn1ccnc1C#N. The Morgan fingerprint density at radius 1 is 1.53 bits per heavy atom. The van der Waals surface area contributed by atoms with Gasteiger partial charge in [-0.2, -0.15) is 5.26 Å². The largest absolute Gasteiger partial charge is 0.360 e. The zero-order chi connectivity index (χ0) is 11.3. The minimum Gasteiger partial charge on any atom is -0.360 e. The van der Waals surface area contributed by atoms with E-state index < -0.39 is 10.0 Å². The topological polar surface area (TPSA) is 50.8 Å². The molecular formula is C10H17N3OS. The quantitative estimate of drug-likeness (QED) is 0.715. The van der Waals surface area contributed by atoms with Gasteiger partial charge < -0.3 is 4.74 Å². The molecule has 0 aromatic carbocycles. The second-order valence-corrected chi connectivity index (χ2v) is 8.75. The fourth-order valence-electron chi connectivity index (χ4n) is 0.998. The molecule has 0 aliphatic heterocycles. The van der Waals surface area contributed by atoms with Crippen LogP contribution in [0.2, 0.25) is 0 Å². The highest BCUT2D eigenvalue weighted by molar-refractivity contribution is 8.32. The third-order valence-corrected chi connectivity index (χ3v) is 3.28. The highest BCUT2D eigenvalue weighted by Gasteiger charge is 2.04. The number of rotatable bonds is 5. The van der Waals surface area contributed by atoms with Gasteiger partial charge in [0.05, 0.1) is 6.61 Å². The van der Waals surface area contributed by atoms with Gasteiger partial charge in [-0.1, -0.05) is 0 Å². The van der Waals surface area contributed by atoms with Crippen molar-refractivity contribution in [3.05, 3.63) is 18.2 Å². The lowest BCUT2D eigenvalue weighted by Crippen LogP contribution is -2.10. The lowest BCUT2D eigenvalue weighted by Gasteiger charge is -2.24. The van der Waals surface area contributed by atoms with Crippen molar-refractivity contribution in [3.8, 4) is 6.07 Å². The Bertz CT molecular complexity index is 348. The Morgan fingerprint density at radius 3 is 2.87 bits per heavy atom. The highest BCUT2D eigenvalue weighted by atomic mass is 32.3. The fourth-order valence-corrected chi connectivity index (χ4v) is 1.62. The van der Waals surface area contributed by atoms with Crippen LogP contribution in [-0.2, 0) is 11.5 Å². The van der Waals surface area contributed by atoms with Crippen molar-refractivity contribution < 1.29 is 4.74 Å². The predicted octanol–water partition coefficient (Wildman–Crippen LogP) is 1.42. The van der Waals surface area contributed by atoms with Crippen LogP contribution in [0.1, 0.15) is 5.82 Å². The van der Waals surface area contributed by atoms with Crippen LogP contribution >= 0.6 is 10.0 Å². The molecule has 0 fully saturated rings. The van der Waals surface area contributed by atoms with Crippen molar-refractivity contribution >= 4 is 10.0 Å². The van der Waals surface area contributed by atoms with Crippen molar-refractivity contribution in [3.63, 3.8) is 0 Å². The Morgan fingerprint density at radius 2 is 2.27 bits per heavy atom. The normalized spacial score (nSPS) is 12.4. The van der Waals surface area contributed by atoms with Gasteiger partial charge >= 0.3 is 0 Å². The molecule has 15 heavy (non-hydrogen) atoms. The molecular weight excluding hydrogens is 210 g/mol. The van der Waals surface area contributed by atoms with E-state index in [-0.39, 0.29) is 0 Å². The lowest BCUT2D eigenvalue weighted by atomic mass is 10.7. The van der Waals surface area contributed by atoms with Gasteiger partial charge in [-0.05, 0) is 18.8 Å². The molecule has 4 nitrogen and oxygen atoms in total. The van der Waals surface area contributed by atoms with E-state index in [0.717, 1.165) is 12.4 Å². The molecule has 0 spiro atoms. The van der Waals surface area contributed by atoms with Crippen molar-refractivity contribution in [1.82, 2.24) is 9.55 Å². The number of hydrogen-bond acceptors (Lipinski definition) is 3. The Hall–Kier alpha value is -0.990. The van der Waals surface area contributed by atoms with E-state index in [9.17, 15) is 0 Å². The van der Waals surface area contributed by atoms with Gasteiger partial charge in [0.25, 0.3) is 0 Å². The Labute approximate surface area is 92.2 Å². The number of ether oxygens (including phenoxy) is 1. The zero-order valence-corrected chi connectivity index (χ0v) is 10.3. The van der Waals surface area contributed by atoms with E-state index in [1.807, 2.05) is 6.07 Å². The number of imidazole rings is 1. The maximum atomic E-state index is 8.71. The van der Waals surface area contributed by atoms with Gasteiger partial charge in [0.1, 0.15) is 12.8 Å². The molecule has 0 aliphatic carbocycles. The first-order valence-corrected chi connectivity index (χ1v) is 7.70. The van der Waals surface area contributed by atoms with Crippen molar-refractivity contribution in [2.75, 3.05) is 31.1 Å². The van der Waals surface area contributed by atoms with Crippen molar-refractivity contribution in [2.24, 2.45) is 0 Å². The molecule has 1 aromatic heterocycles.